The second kappa shape index (κ2) is 12.3. The highest BCUT2D eigenvalue weighted by molar-refractivity contribution is 7.09. The topological polar surface area (TPSA) is 62.7 Å². The second-order valence-electron chi connectivity index (χ2n) is 8.75. The fourth-order valence-corrected chi connectivity index (χ4v) is 4.82. The molecule has 1 amide bonds. The summed E-state index contributed by atoms with van der Waals surface area (Å²) in [6.07, 6.45) is 2.87. The zero-order valence-corrected chi connectivity index (χ0v) is 20.6. The second-order valence-corrected chi connectivity index (χ2v) is 9.64. The van der Waals surface area contributed by atoms with Crippen molar-refractivity contribution in [2.45, 2.75) is 58.6 Å². The first-order valence-electron chi connectivity index (χ1n) is 11.7. The fourth-order valence-electron chi connectivity index (χ4n) is 4.01. The number of thiazole rings is 1. The smallest absolute Gasteiger partial charge is 0.273 e. The molecule has 0 spiro atoms. The van der Waals surface area contributed by atoms with Crippen LogP contribution in [-0.4, -0.2) is 65.9 Å². The monoisotopic (exact) mass is 475 g/mol. The van der Waals surface area contributed by atoms with Gasteiger partial charge in [0.1, 0.15) is 17.8 Å². The molecule has 1 aromatic heterocycles. The first-order valence-corrected chi connectivity index (χ1v) is 12.6. The van der Waals surface area contributed by atoms with Crippen molar-refractivity contribution in [3.63, 3.8) is 0 Å². The molecule has 0 N–H and O–H groups in total. The van der Waals surface area contributed by atoms with Crippen LogP contribution in [0.3, 0.4) is 0 Å². The summed E-state index contributed by atoms with van der Waals surface area (Å²) in [5.41, 5.74) is 2.00. The van der Waals surface area contributed by atoms with Crippen LogP contribution in [0.25, 0.3) is 0 Å². The Bertz CT molecular complexity index is 925. The van der Waals surface area contributed by atoms with Crippen molar-refractivity contribution in [2.75, 3.05) is 32.8 Å². The summed E-state index contributed by atoms with van der Waals surface area (Å²) in [6.45, 7) is 10.4. The quantitative estimate of drug-likeness (QED) is 0.454. The van der Waals surface area contributed by atoms with E-state index in [0.717, 1.165) is 49.3 Å². The zero-order chi connectivity index (χ0) is 23.8. The van der Waals surface area contributed by atoms with Gasteiger partial charge in [0.05, 0.1) is 17.7 Å². The molecule has 0 atom stereocenters. The highest BCUT2D eigenvalue weighted by atomic mass is 32.1. The molecular formula is C25H34FN3O3S. The van der Waals surface area contributed by atoms with E-state index < -0.39 is 0 Å². The fraction of sp³-hybridized carbons (Fsp3) is 0.560. The molecule has 8 heteroatoms. The van der Waals surface area contributed by atoms with Gasteiger partial charge in [0.25, 0.3) is 5.91 Å². The number of amides is 1. The number of ether oxygens (including phenoxy) is 1. The third-order valence-corrected chi connectivity index (χ3v) is 7.12. The minimum absolute atomic E-state index is 0.0349. The van der Waals surface area contributed by atoms with Gasteiger partial charge in [-0.25, -0.2) is 9.37 Å². The SMILES string of the molecule is CCN(CCOC1CCN(Cc2ccc(F)c(CC=O)c2)CC1)C(=O)c1csc(C(C)C)n1. The van der Waals surface area contributed by atoms with Gasteiger partial charge in [-0.15, -0.1) is 11.3 Å². The number of aldehydes is 1. The number of aromatic nitrogens is 1. The molecule has 0 unspecified atom stereocenters. The van der Waals surface area contributed by atoms with Gasteiger partial charge in [0.2, 0.25) is 0 Å². The lowest BCUT2D eigenvalue weighted by atomic mass is 10.0. The number of benzene rings is 1. The first kappa shape index (κ1) is 25.5. The number of nitrogens with zero attached hydrogens (tertiary/aromatic N) is 3. The minimum atomic E-state index is -0.326. The van der Waals surface area contributed by atoms with Crippen molar-refractivity contribution in [3.05, 3.63) is 51.2 Å². The van der Waals surface area contributed by atoms with Crippen LogP contribution < -0.4 is 0 Å². The number of piperidine rings is 1. The Kier molecular flexibility index (Phi) is 9.52. The van der Waals surface area contributed by atoms with E-state index in [4.69, 9.17) is 4.74 Å². The van der Waals surface area contributed by atoms with Crippen molar-refractivity contribution >= 4 is 23.5 Å². The van der Waals surface area contributed by atoms with E-state index in [1.807, 2.05) is 12.3 Å². The molecule has 0 aliphatic carbocycles. The number of hydrogen-bond acceptors (Lipinski definition) is 6. The Morgan fingerprint density at radius 3 is 2.76 bits per heavy atom. The maximum Gasteiger partial charge on any atom is 0.273 e. The average molecular weight is 476 g/mol. The van der Waals surface area contributed by atoms with Gasteiger partial charge in [0.15, 0.2) is 0 Å². The van der Waals surface area contributed by atoms with E-state index >= 15 is 0 Å². The molecule has 1 aromatic carbocycles. The van der Waals surface area contributed by atoms with Crippen LogP contribution >= 0.6 is 11.3 Å². The molecule has 2 aromatic rings. The number of carbonyl (C=O) groups excluding carboxylic acids is 2. The summed E-state index contributed by atoms with van der Waals surface area (Å²) in [4.78, 5) is 32.1. The van der Waals surface area contributed by atoms with Crippen molar-refractivity contribution in [3.8, 4) is 0 Å². The largest absolute Gasteiger partial charge is 0.376 e. The lowest BCUT2D eigenvalue weighted by molar-refractivity contribution is -0.107. The van der Waals surface area contributed by atoms with Crippen molar-refractivity contribution in [2.24, 2.45) is 0 Å². The Balaban J connectivity index is 1.41. The number of hydrogen-bond donors (Lipinski definition) is 0. The Morgan fingerprint density at radius 2 is 2.12 bits per heavy atom. The molecule has 33 heavy (non-hydrogen) atoms. The lowest BCUT2D eigenvalue weighted by Crippen LogP contribution is -2.39. The molecule has 0 bridgehead atoms. The van der Waals surface area contributed by atoms with Crippen molar-refractivity contribution < 1.29 is 18.7 Å². The van der Waals surface area contributed by atoms with Crippen LogP contribution in [0.15, 0.2) is 23.6 Å². The molecule has 1 saturated heterocycles. The van der Waals surface area contributed by atoms with Gasteiger partial charge in [0, 0.05) is 50.4 Å². The molecule has 1 aliphatic heterocycles. The number of likely N-dealkylation sites (tertiary alicyclic amines) is 1. The van der Waals surface area contributed by atoms with Gasteiger partial charge in [-0.05, 0) is 37.0 Å². The molecule has 3 rings (SSSR count). The lowest BCUT2D eigenvalue weighted by Gasteiger charge is -2.32. The van der Waals surface area contributed by atoms with Gasteiger partial charge in [-0.1, -0.05) is 26.0 Å². The molecule has 0 saturated carbocycles. The standard InChI is InChI=1S/C25H34FN3O3S/c1-4-29(25(31)23-17-33-24(27-23)18(2)3)12-14-32-21-7-10-28(11-8-21)16-19-5-6-22(26)20(15-19)9-13-30/h5-6,13,15,17-18,21H,4,7-12,14,16H2,1-3H3. The van der Waals surface area contributed by atoms with E-state index in [-0.39, 0.29) is 24.2 Å². The highest BCUT2D eigenvalue weighted by Gasteiger charge is 2.22. The summed E-state index contributed by atoms with van der Waals surface area (Å²) < 4.78 is 19.8. The van der Waals surface area contributed by atoms with Crippen LogP contribution in [0, 0.1) is 5.82 Å². The van der Waals surface area contributed by atoms with Crippen LogP contribution in [0.2, 0.25) is 0 Å². The van der Waals surface area contributed by atoms with Crippen molar-refractivity contribution in [1.82, 2.24) is 14.8 Å². The number of rotatable bonds is 11. The molecular weight excluding hydrogens is 441 g/mol. The number of likely N-dealkylation sites (N-methyl/N-ethyl adjacent to an activating group) is 1. The summed E-state index contributed by atoms with van der Waals surface area (Å²) in [6, 6.07) is 5.02. The predicted molar refractivity (Wildman–Crippen MR) is 128 cm³/mol. The minimum Gasteiger partial charge on any atom is -0.376 e. The van der Waals surface area contributed by atoms with Gasteiger partial charge in [-0.3, -0.25) is 9.69 Å². The van der Waals surface area contributed by atoms with Crippen LogP contribution in [0.5, 0.6) is 0 Å². The summed E-state index contributed by atoms with van der Waals surface area (Å²) in [7, 11) is 0. The summed E-state index contributed by atoms with van der Waals surface area (Å²) >= 11 is 1.54. The summed E-state index contributed by atoms with van der Waals surface area (Å²) in [5, 5.41) is 2.83. The zero-order valence-electron chi connectivity index (χ0n) is 19.8. The van der Waals surface area contributed by atoms with E-state index in [0.29, 0.717) is 36.9 Å². The molecule has 180 valence electrons. The van der Waals surface area contributed by atoms with Crippen molar-refractivity contribution in [1.29, 1.82) is 0 Å². The maximum atomic E-state index is 13.7. The third-order valence-electron chi connectivity index (χ3n) is 5.97. The summed E-state index contributed by atoms with van der Waals surface area (Å²) in [5.74, 6) is -0.0395. The molecule has 0 radical (unpaired) electrons. The highest BCUT2D eigenvalue weighted by Crippen LogP contribution is 2.21. The molecule has 6 nitrogen and oxygen atoms in total. The van der Waals surface area contributed by atoms with Crippen LogP contribution in [0.4, 0.5) is 4.39 Å². The Labute approximate surface area is 199 Å². The number of carbonyl (C=O) groups is 2. The van der Waals surface area contributed by atoms with E-state index in [1.165, 1.54) is 17.4 Å². The molecule has 1 aliphatic rings. The van der Waals surface area contributed by atoms with Gasteiger partial charge >= 0.3 is 0 Å². The maximum absolute atomic E-state index is 13.7. The van der Waals surface area contributed by atoms with Crippen LogP contribution in [-0.2, 0) is 22.5 Å². The molecule has 1 fully saturated rings. The van der Waals surface area contributed by atoms with Gasteiger partial charge < -0.3 is 14.4 Å². The van der Waals surface area contributed by atoms with Crippen LogP contribution in [0.1, 0.15) is 66.2 Å². The van der Waals surface area contributed by atoms with E-state index in [9.17, 15) is 14.0 Å². The Hall–Kier alpha value is -2.16. The first-order chi connectivity index (χ1) is 15.9. The Morgan fingerprint density at radius 1 is 1.36 bits per heavy atom. The average Bonchev–Trinajstić information content (AvgIpc) is 3.31. The molecule has 2 heterocycles. The normalized spacial score (nSPS) is 15.2. The third kappa shape index (κ3) is 7.16. The number of halogens is 1. The van der Waals surface area contributed by atoms with E-state index in [1.54, 1.807) is 17.0 Å². The van der Waals surface area contributed by atoms with E-state index in [2.05, 4.69) is 23.7 Å². The van der Waals surface area contributed by atoms with Gasteiger partial charge in [-0.2, -0.15) is 0 Å². The predicted octanol–water partition coefficient (Wildman–Crippen LogP) is 4.29.